The third kappa shape index (κ3) is 2.64. The first-order valence-electron chi connectivity index (χ1n) is 5.62. The standard InChI is InChI=1S/C13H17NO3/c1-4-9-6-7-10(13(14)16)12(17-5-2)11(9)8(3)15/h6-7H,4-5H2,1-3H3,(H2,14,16). The molecule has 2 N–H and O–H groups in total. The van der Waals surface area contributed by atoms with Crippen molar-refractivity contribution in [1.29, 1.82) is 0 Å². The molecule has 0 aromatic heterocycles. The van der Waals surface area contributed by atoms with E-state index >= 15 is 0 Å². The van der Waals surface area contributed by atoms with Crippen molar-refractivity contribution in [2.75, 3.05) is 6.61 Å². The molecule has 0 heterocycles. The number of primary amides is 1. The molecule has 0 unspecified atom stereocenters. The molecule has 0 aliphatic rings. The van der Waals surface area contributed by atoms with E-state index in [1.165, 1.54) is 6.92 Å². The third-order valence-electron chi connectivity index (χ3n) is 2.53. The number of benzene rings is 1. The van der Waals surface area contributed by atoms with Crippen LogP contribution in [0.25, 0.3) is 0 Å². The van der Waals surface area contributed by atoms with E-state index in [1.54, 1.807) is 19.1 Å². The zero-order valence-corrected chi connectivity index (χ0v) is 10.4. The lowest BCUT2D eigenvalue weighted by atomic mass is 9.97. The van der Waals surface area contributed by atoms with Crippen LogP contribution in [0.3, 0.4) is 0 Å². The van der Waals surface area contributed by atoms with Crippen LogP contribution in [0.1, 0.15) is 47.1 Å². The van der Waals surface area contributed by atoms with Crippen LogP contribution in [0.5, 0.6) is 5.75 Å². The Morgan fingerprint density at radius 1 is 1.29 bits per heavy atom. The van der Waals surface area contributed by atoms with E-state index in [9.17, 15) is 9.59 Å². The first-order valence-corrected chi connectivity index (χ1v) is 5.62. The molecule has 4 nitrogen and oxygen atoms in total. The molecular weight excluding hydrogens is 218 g/mol. The van der Waals surface area contributed by atoms with Gasteiger partial charge in [-0.05, 0) is 31.9 Å². The molecule has 1 aromatic rings. The maximum atomic E-state index is 11.7. The second-order valence-corrected chi connectivity index (χ2v) is 3.68. The first kappa shape index (κ1) is 13.2. The summed E-state index contributed by atoms with van der Waals surface area (Å²) < 4.78 is 5.41. The van der Waals surface area contributed by atoms with Gasteiger partial charge in [-0.25, -0.2) is 0 Å². The molecule has 0 fully saturated rings. The van der Waals surface area contributed by atoms with Crippen molar-refractivity contribution in [3.8, 4) is 5.75 Å². The van der Waals surface area contributed by atoms with E-state index in [4.69, 9.17) is 10.5 Å². The van der Waals surface area contributed by atoms with Crippen molar-refractivity contribution in [2.24, 2.45) is 5.73 Å². The Balaban J connectivity index is 3.52. The number of hydrogen-bond acceptors (Lipinski definition) is 3. The number of carbonyl (C=O) groups is 2. The quantitative estimate of drug-likeness (QED) is 0.793. The first-order chi connectivity index (χ1) is 8.02. The summed E-state index contributed by atoms with van der Waals surface area (Å²) in [6.45, 7) is 5.59. The predicted molar refractivity (Wildman–Crippen MR) is 65.5 cm³/mol. The molecule has 4 heteroatoms. The molecule has 1 amide bonds. The number of carbonyl (C=O) groups excluding carboxylic acids is 2. The average molecular weight is 235 g/mol. The van der Waals surface area contributed by atoms with Gasteiger partial charge in [0.1, 0.15) is 5.75 Å². The van der Waals surface area contributed by atoms with Gasteiger partial charge in [0, 0.05) is 0 Å². The maximum Gasteiger partial charge on any atom is 0.252 e. The summed E-state index contributed by atoms with van der Waals surface area (Å²) in [5.74, 6) is -0.390. The van der Waals surface area contributed by atoms with E-state index in [0.29, 0.717) is 24.3 Å². The van der Waals surface area contributed by atoms with Crippen LogP contribution >= 0.6 is 0 Å². The molecule has 92 valence electrons. The van der Waals surface area contributed by atoms with Crippen molar-refractivity contribution in [2.45, 2.75) is 27.2 Å². The molecule has 1 rings (SSSR count). The molecule has 17 heavy (non-hydrogen) atoms. The third-order valence-corrected chi connectivity index (χ3v) is 2.53. The van der Waals surface area contributed by atoms with E-state index in [0.717, 1.165) is 5.56 Å². The summed E-state index contributed by atoms with van der Waals surface area (Å²) in [5, 5.41) is 0. The number of rotatable bonds is 5. The summed E-state index contributed by atoms with van der Waals surface area (Å²) in [4.78, 5) is 23.0. The predicted octanol–water partition coefficient (Wildman–Crippen LogP) is 1.95. The normalized spacial score (nSPS) is 10.1. The molecule has 0 radical (unpaired) electrons. The average Bonchev–Trinajstić information content (AvgIpc) is 2.27. The largest absolute Gasteiger partial charge is 0.492 e. The van der Waals surface area contributed by atoms with Gasteiger partial charge < -0.3 is 10.5 Å². The molecule has 0 aliphatic heterocycles. The van der Waals surface area contributed by atoms with E-state index in [1.807, 2.05) is 6.92 Å². The minimum Gasteiger partial charge on any atom is -0.492 e. The Kier molecular flexibility index (Phi) is 4.26. The molecule has 0 bridgehead atoms. The fraction of sp³-hybridized carbons (Fsp3) is 0.385. The highest BCUT2D eigenvalue weighted by Gasteiger charge is 2.19. The molecular formula is C13H17NO3. The van der Waals surface area contributed by atoms with Crippen molar-refractivity contribution >= 4 is 11.7 Å². The van der Waals surface area contributed by atoms with Crippen molar-refractivity contribution in [3.63, 3.8) is 0 Å². The summed E-state index contributed by atoms with van der Waals surface area (Å²) >= 11 is 0. The number of ether oxygens (including phenoxy) is 1. The Morgan fingerprint density at radius 2 is 1.94 bits per heavy atom. The number of hydrogen-bond donors (Lipinski definition) is 1. The molecule has 0 saturated heterocycles. The minimum atomic E-state index is -0.585. The van der Waals surface area contributed by atoms with Crippen molar-refractivity contribution in [3.05, 3.63) is 28.8 Å². The number of ketones is 1. The van der Waals surface area contributed by atoms with Crippen LogP contribution in [-0.2, 0) is 6.42 Å². The van der Waals surface area contributed by atoms with Crippen LogP contribution in [-0.4, -0.2) is 18.3 Å². The lowest BCUT2D eigenvalue weighted by molar-refractivity contribution is 0.0996. The number of aryl methyl sites for hydroxylation is 1. The molecule has 1 aromatic carbocycles. The highest BCUT2D eigenvalue weighted by atomic mass is 16.5. The van der Waals surface area contributed by atoms with Crippen molar-refractivity contribution in [1.82, 2.24) is 0 Å². The van der Waals surface area contributed by atoms with Crippen LogP contribution in [0, 0.1) is 0 Å². The molecule has 0 aliphatic carbocycles. The Bertz CT molecular complexity index is 452. The van der Waals surface area contributed by atoms with Gasteiger partial charge in [-0.1, -0.05) is 13.0 Å². The number of Topliss-reactive ketones (excluding diaryl/α,β-unsaturated/α-hetero) is 1. The SMILES string of the molecule is CCOc1c(C(N)=O)ccc(CC)c1C(C)=O. The highest BCUT2D eigenvalue weighted by Crippen LogP contribution is 2.28. The Hall–Kier alpha value is -1.84. The van der Waals surface area contributed by atoms with Gasteiger partial charge in [-0.2, -0.15) is 0 Å². The van der Waals surface area contributed by atoms with Gasteiger partial charge in [-0.15, -0.1) is 0 Å². The zero-order valence-electron chi connectivity index (χ0n) is 10.4. The maximum absolute atomic E-state index is 11.7. The summed E-state index contributed by atoms with van der Waals surface area (Å²) in [7, 11) is 0. The Morgan fingerprint density at radius 3 is 2.35 bits per heavy atom. The monoisotopic (exact) mass is 235 g/mol. The fourth-order valence-corrected chi connectivity index (χ4v) is 1.79. The summed E-state index contributed by atoms with van der Waals surface area (Å²) in [6, 6.07) is 3.36. The summed E-state index contributed by atoms with van der Waals surface area (Å²) in [5.41, 5.74) is 6.86. The van der Waals surface area contributed by atoms with Gasteiger partial charge in [0.2, 0.25) is 0 Å². The van der Waals surface area contributed by atoms with Crippen LogP contribution in [0.15, 0.2) is 12.1 Å². The van der Waals surface area contributed by atoms with E-state index in [-0.39, 0.29) is 11.3 Å². The van der Waals surface area contributed by atoms with Gasteiger partial charge >= 0.3 is 0 Å². The summed E-state index contributed by atoms with van der Waals surface area (Å²) in [6.07, 6.45) is 0.702. The zero-order chi connectivity index (χ0) is 13.0. The van der Waals surface area contributed by atoms with Gasteiger partial charge in [0.15, 0.2) is 5.78 Å². The van der Waals surface area contributed by atoms with Gasteiger partial charge in [0.05, 0.1) is 17.7 Å². The van der Waals surface area contributed by atoms with Crippen LogP contribution in [0.2, 0.25) is 0 Å². The van der Waals surface area contributed by atoms with E-state index in [2.05, 4.69) is 0 Å². The van der Waals surface area contributed by atoms with Crippen LogP contribution < -0.4 is 10.5 Å². The lowest BCUT2D eigenvalue weighted by Gasteiger charge is -2.15. The van der Waals surface area contributed by atoms with Crippen molar-refractivity contribution < 1.29 is 14.3 Å². The fourth-order valence-electron chi connectivity index (χ4n) is 1.79. The van der Waals surface area contributed by atoms with Gasteiger partial charge in [-0.3, -0.25) is 9.59 Å². The molecule has 0 saturated carbocycles. The topological polar surface area (TPSA) is 69.4 Å². The minimum absolute atomic E-state index is 0.117. The molecule has 0 atom stereocenters. The van der Waals surface area contributed by atoms with Crippen LogP contribution in [0.4, 0.5) is 0 Å². The smallest absolute Gasteiger partial charge is 0.252 e. The molecule has 0 spiro atoms. The van der Waals surface area contributed by atoms with Gasteiger partial charge in [0.25, 0.3) is 5.91 Å². The Labute approximate surface area is 101 Å². The second kappa shape index (κ2) is 5.48. The number of nitrogens with two attached hydrogens (primary N) is 1. The lowest BCUT2D eigenvalue weighted by Crippen LogP contribution is -2.16. The number of amides is 1. The second-order valence-electron chi connectivity index (χ2n) is 3.68. The highest BCUT2D eigenvalue weighted by molar-refractivity contribution is 6.04. The van der Waals surface area contributed by atoms with E-state index < -0.39 is 5.91 Å².